The Morgan fingerprint density at radius 1 is 1.33 bits per heavy atom. The molecule has 0 aliphatic carbocycles. The summed E-state index contributed by atoms with van der Waals surface area (Å²) in [6, 6.07) is 0. The molecule has 0 aliphatic rings. The Labute approximate surface area is 139 Å². The van der Waals surface area contributed by atoms with E-state index in [1.807, 2.05) is 6.92 Å². The van der Waals surface area contributed by atoms with Gasteiger partial charge in [-0.05, 0) is 6.92 Å². The summed E-state index contributed by atoms with van der Waals surface area (Å²) in [5.41, 5.74) is 0. The number of guanidine groups is 1. The predicted octanol–water partition coefficient (Wildman–Crippen LogP) is 0.827. The van der Waals surface area contributed by atoms with Gasteiger partial charge in [-0.2, -0.15) is 13.2 Å². The number of carbonyl (C=O) groups is 1. The summed E-state index contributed by atoms with van der Waals surface area (Å²) in [5, 5.41) is 5.76. The van der Waals surface area contributed by atoms with Crippen LogP contribution in [0.2, 0.25) is 0 Å². The van der Waals surface area contributed by atoms with Gasteiger partial charge in [-0.25, -0.2) is 4.99 Å². The second-order valence-corrected chi connectivity index (χ2v) is 3.98. The first-order valence-corrected chi connectivity index (χ1v) is 6.12. The number of carbonyl (C=O) groups excluding carboxylic acids is 1. The Balaban J connectivity index is 0. The molecule has 126 valence electrons. The molecule has 6 nitrogen and oxygen atoms in total. The van der Waals surface area contributed by atoms with Crippen LogP contribution in [-0.4, -0.2) is 69.9 Å². The fourth-order valence-corrected chi connectivity index (χ4v) is 1.24. The summed E-state index contributed by atoms with van der Waals surface area (Å²) < 4.78 is 41.2. The van der Waals surface area contributed by atoms with E-state index in [2.05, 4.69) is 15.6 Å². The zero-order valence-corrected chi connectivity index (χ0v) is 14.6. The van der Waals surface area contributed by atoms with Crippen molar-refractivity contribution in [1.29, 1.82) is 0 Å². The van der Waals surface area contributed by atoms with Gasteiger partial charge >= 0.3 is 6.18 Å². The molecule has 0 unspecified atom stereocenters. The first-order chi connectivity index (χ1) is 9.30. The highest BCUT2D eigenvalue weighted by molar-refractivity contribution is 14.0. The quantitative estimate of drug-likeness (QED) is 0.274. The van der Waals surface area contributed by atoms with E-state index in [0.717, 1.165) is 7.05 Å². The van der Waals surface area contributed by atoms with Crippen molar-refractivity contribution in [2.75, 3.05) is 46.9 Å². The largest absolute Gasteiger partial charge is 0.406 e. The summed E-state index contributed by atoms with van der Waals surface area (Å²) in [7, 11) is 2.64. The third-order valence-electron chi connectivity index (χ3n) is 2.16. The molecule has 10 heteroatoms. The van der Waals surface area contributed by atoms with E-state index in [1.165, 1.54) is 0 Å². The van der Waals surface area contributed by atoms with Crippen molar-refractivity contribution in [3.8, 4) is 0 Å². The fraction of sp³-hybridized carbons (Fsp3) is 0.818. The summed E-state index contributed by atoms with van der Waals surface area (Å²) in [6.45, 7) is 1.71. The number of aliphatic imine (C=N–C) groups is 1. The van der Waals surface area contributed by atoms with Crippen LogP contribution in [0, 0.1) is 0 Å². The van der Waals surface area contributed by atoms with E-state index in [9.17, 15) is 18.0 Å². The minimum Gasteiger partial charge on any atom is -0.383 e. The van der Waals surface area contributed by atoms with Crippen molar-refractivity contribution < 1.29 is 22.7 Å². The first-order valence-electron chi connectivity index (χ1n) is 6.12. The number of rotatable bonds is 7. The topological polar surface area (TPSA) is 66.0 Å². The van der Waals surface area contributed by atoms with Gasteiger partial charge in [-0.15, -0.1) is 24.0 Å². The van der Waals surface area contributed by atoms with Gasteiger partial charge in [0, 0.05) is 27.2 Å². The molecule has 0 aromatic heterocycles. The van der Waals surface area contributed by atoms with E-state index in [1.54, 1.807) is 7.11 Å². The van der Waals surface area contributed by atoms with Crippen LogP contribution in [0.15, 0.2) is 4.99 Å². The van der Waals surface area contributed by atoms with Crippen LogP contribution in [0.4, 0.5) is 13.2 Å². The van der Waals surface area contributed by atoms with Gasteiger partial charge in [0.1, 0.15) is 13.1 Å². The number of likely N-dealkylation sites (N-methyl/N-ethyl adjacent to an activating group) is 1. The Morgan fingerprint density at radius 2 is 1.95 bits per heavy atom. The lowest BCUT2D eigenvalue weighted by Crippen LogP contribution is -2.41. The number of nitrogens with one attached hydrogen (secondary N) is 2. The molecule has 0 radical (unpaired) electrons. The van der Waals surface area contributed by atoms with E-state index in [4.69, 9.17) is 4.74 Å². The number of alkyl halides is 3. The second kappa shape index (κ2) is 11.8. The van der Waals surface area contributed by atoms with Gasteiger partial charge in [-0.3, -0.25) is 4.79 Å². The molecule has 0 spiro atoms. The van der Waals surface area contributed by atoms with Crippen LogP contribution in [0.3, 0.4) is 0 Å². The van der Waals surface area contributed by atoms with Crippen LogP contribution >= 0.6 is 24.0 Å². The Bertz CT molecular complexity index is 327. The second-order valence-electron chi connectivity index (χ2n) is 3.98. The van der Waals surface area contributed by atoms with Gasteiger partial charge in [0.25, 0.3) is 0 Å². The number of halogens is 4. The summed E-state index contributed by atoms with van der Waals surface area (Å²) >= 11 is 0. The number of ether oxygens (including phenoxy) is 1. The number of amides is 1. The highest BCUT2D eigenvalue weighted by Crippen LogP contribution is 2.15. The highest BCUT2D eigenvalue weighted by atomic mass is 127. The van der Waals surface area contributed by atoms with Crippen LogP contribution in [0.25, 0.3) is 0 Å². The van der Waals surface area contributed by atoms with Crippen molar-refractivity contribution in [1.82, 2.24) is 15.5 Å². The minimum absolute atomic E-state index is 0. The molecule has 0 saturated carbocycles. The number of nitrogens with zero attached hydrogens (tertiary/aromatic N) is 2. The summed E-state index contributed by atoms with van der Waals surface area (Å²) in [5.74, 6) is -0.343. The number of hydrogen-bond acceptors (Lipinski definition) is 3. The SMILES string of the molecule is CCNC(=NCC(=O)N(C)CC(F)(F)F)NCCOC.I. The zero-order chi connectivity index (χ0) is 15.6. The van der Waals surface area contributed by atoms with Crippen molar-refractivity contribution in [3.63, 3.8) is 0 Å². The summed E-state index contributed by atoms with van der Waals surface area (Å²) in [4.78, 5) is 16.0. The van der Waals surface area contributed by atoms with Crippen molar-refractivity contribution in [3.05, 3.63) is 0 Å². The Hall–Kier alpha value is -0.780. The molecule has 0 fully saturated rings. The predicted molar refractivity (Wildman–Crippen MR) is 85.0 cm³/mol. The number of methoxy groups -OCH3 is 1. The Morgan fingerprint density at radius 3 is 2.43 bits per heavy atom. The maximum atomic E-state index is 12.1. The average molecular weight is 426 g/mol. The van der Waals surface area contributed by atoms with Gasteiger partial charge < -0.3 is 20.3 Å². The van der Waals surface area contributed by atoms with Crippen molar-refractivity contribution in [2.24, 2.45) is 4.99 Å². The third kappa shape index (κ3) is 12.7. The van der Waals surface area contributed by atoms with E-state index >= 15 is 0 Å². The maximum absolute atomic E-state index is 12.1. The highest BCUT2D eigenvalue weighted by Gasteiger charge is 2.30. The molecule has 0 aliphatic heterocycles. The van der Waals surface area contributed by atoms with E-state index < -0.39 is 18.6 Å². The fourth-order valence-electron chi connectivity index (χ4n) is 1.24. The molecule has 1 amide bonds. The van der Waals surface area contributed by atoms with Crippen LogP contribution in [0.5, 0.6) is 0 Å². The first kappa shape index (κ1) is 22.5. The van der Waals surface area contributed by atoms with E-state index in [-0.39, 0.29) is 30.5 Å². The van der Waals surface area contributed by atoms with Gasteiger partial charge in [0.2, 0.25) is 5.91 Å². The van der Waals surface area contributed by atoms with E-state index in [0.29, 0.717) is 30.6 Å². The van der Waals surface area contributed by atoms with Crippen LogP contribution < -0.4 is 10.6 Å². The molecule has 0 heterocycles. The molecule has 0 aromatic rings. The molecule has 21 heavy (non-hydrogen) atoms. The van der Waals surface area contributed by atoms with Crippen LogP contribution in [-0.2, 0) is 9.53 Å². The molecular formula is C11H22F3IN4O2. The lowest BCUT2D eigenvalue weighted by Gasteiger charge is -2.18. The third-order valence-corrected chi connectivity index (χ3v) is 2.16. The summed E-state index contributed by atoms with van der Waals surface area (Å²) in [6.07, 6.45) is -4.41. The molecule has 0 atom stereocenters. The molecule has 0 saturated heterocycles. The smallest absolute Gasteiger partial charge is 0.383 e. The minimum atomic E-state index is -4.41. The molecule has 0 rings (SSSR count). The Kier molecular flexibility index (Phi) is 12.7. The zero-order valence-electron chi connectivity index (χ0n) is 12.3. The van der Waals surface area contributed by atoms with Gasteiger partial charge in [0.05, 0.1) is 6.61 Å². The molecule has 0 aromatic carbocycles. The monoisotopic (exact) mass is 426 g/mol. The number of hydrogen-bond donors (Lipinski definition) is 2. The van der Waals surface area contributed by atoms with Gasteiger partial charge in [-0.1, -0.05) is 0 Å². The average Bonchev–Trinajstić information content (AvgIpc) is 2.33. The van der Waals surface area contributed by atoms with Crippen molar-refractivity contribution in [2.45, 2.75) is 13.1 Å². The van der Waals surface area contributed by atoms with Crippen LogP contribution in [0.1, 0.15) is 6.92 Å². The maximum Gasteiger partial charge on any atom is 0.406 e. The van der Waals surface area contributed by atoms with Gasteiger partial charge in [0.15, 0.2) is 5.96 Å². The lowest BCUT2D eigenvalue weighted by molar-refractivity contribution is -0.157. The normalized spacial score (nSPS) is 11.6. The lowest BCUT2D eigenvalue weighted by atomic mass is 10.5. The molecular weight excluding hydrogens is 404 g/mol. The standard InChI is InChI=1S/C11H21F3N4O2.HI/c1-4-15-10(16-5-6-20-3)17-7-9(19)18(2)8-11(12,13)14;/h4-8H2,1-3H3,(H2,15,16,17);1H. The molecule has 2 N–H and O–H groups in total. The van der Waals surface area contributed by atoms with Crippen molar-refractivity contribution >= 4 is 35.8 Å². The molecule has 0 bridgehead atoms.